The maximum Gasteiger partial charge on any atom is 0.146 e. The van der Waals surface area contributed by atoms with Gasteiger partial charge in [0.15, 0.2) is 0 Å². The van der Waals surface area contributed by atoms with Gasteiger partial charge in [0.2, 0.25) is 0 Å². The van der Waals surface area contributed by atoms with Crippen LogP contribution in [0.1, 0.15) is 33.1 Å². The summed E-state index contributed by atoms with van der Waals surface area (Å²) in [5, 5.41) is 0. The van der Waals surface area contributed by atoms with Crippen LogP contribution >= 0.6 is 0 Å². The molecule has 60 valence electrons. The van der Waals surface area contributed by atoms with E-state index in [0.717, 1.165) is 11.9 Å². The molecule has 0 N–H and O–H groups in total. The molecule has 11 heavy (non-hydrogen) atoms. The fourth-order valence-electron chi connectivity index (χ4n) is 2.69. The summed E-state index contributed by atoms with van der Waals surface area (Å²) in [6.45, 7) is 4.42. The van der Waals surface area contributed by atoms with Gasteiger partial charge in [-0.3, -0.25) is 4.79 Å². The van der Waals surface area contributed by atoms with Crippen molar-refractivity contribution >= 4 is 6.29 Å². The third-order valence-electron chi connectivity index (χ3n) is 3.65. The minimum Gasteiger partial charge on any atom is -0.298 e. The lowest BCUT2D eigenvalue weighted by molar-refractivity contribution is -0.105. The summed E-state index contributed by atoms with van der Waals surface area (Å²) < 4.78 is 0. The summed E-state index contributed by atoms with van der Waals surface area (Å²) in [6, 6.07) is 0. The zero-order valence-corrected chi connectivity index (χ0v) is 7.18. The van der Waals surface area contributed by atoms with Crippen LogP contribution in [-0.4, -0.2) is 6.29 Å². The molecule has 0 saturated heterocycles. The van der Waals surface area contributed by atoms with E-state index >= 15 is 0 Å². The lowest BCUT2D eigenvalue weighted by Crippen LogP contribution is -2.11. The number of aldehydes is 1. The Balaban J connectivity index is 2.46. The molecule has 0 aromatic heterocycles. The fraction of sp³-hybridized carbons (Fsp3) is 0.700. The first-order valence-corrected chi connectivity index (χ1v) is 4.34. The third-order valence-corrected chi connectivity index (χ3v) is 3.65. The van der Waals surface area contributed by atoms with E-state index in [1.54, 1.807) is 0 Å². The molecule has 0 spiro atoms. The molecule has 2 aliphatic rings. The van der Waals surface area contributed by atoms with E-state index in [4.69, 9.17) is 0 Å². The minimum atomic E-state index is 0.390. The fourth-order valence-corrected chi connectivity index (χ4v) is 2.69. The van der Waals surface area contributed by atoms with Crippen molar-refractivity contribution < 1.29 is 4.79 Å². The number of carbonyl (C=O) groups excluding carboxylic acids is 1. The van der Waals surface area contributed by atoms with Gasteiger partial charge in [-0.05, 0) is 43.1 Å². The van der Waals surface area contributed by atoms with Crippen LogP contribution in [0.25, 0.3) is 0 Å². The van der Waals surface area contributed by atoms with Crippen molar-refractivity contribution in [1.82, 2.24) is 0 Å². The Hall–Kier alpha value is -0.590. The Morgan fingerprint density at radius 1 is 1.64 bits per heavy atom. The topological polar surface area (TPSA) is 17.1 Å². The van der Waals surface area contributed by atoms with Gasteiger partial charge in [-0.2, -0.15) is 0 Å². The van der Waals surface area contributed by atoms with E-state index in [1.807, 2.05) is 0 Å². The van der Waals surface area contributed by atoms with Crippen LogP contribution in [-0.2, 0) is 4.79 Å². The largest absolute Gasteiger partial charge is 0.298 e. The van der Waals surface area contributed by atoms with Crippen LogP contribution in [0.4, 0.5) is 0 Å². The highest BCUT2D eigenvalue weighted by Gasteiger charge is 2.45. The van der Waals surface area contributed by atoms with Gasteiger partial charge in [-0.15, -0.1) is 0 Å². The molecule has 0 aromatic carbocycles. The second-order valence-electron chi connectivity index (χ2n) is 4.20. The summed E-state index contributed by atoms with van der Waals surface area (Å²) >= 11 is 0. The number of allylic oxidation sites excluding steroid dienone is 2. The summed E-state index contributed by atoms with van der Waals surface area (Å²) in [5.41, 5.74) is 2.86. The Morgan fingerprint density at radius 2 is 2.36 bits per heavy atom. The molecular weight excluding hydrogens is 136 g/mol. The van der Waals surface area contributed by atoms with Crippen LogP contribution in [0.3, 0.4) is 0 Å². The third kappa shape index (κ3) is 0.741. The summed E-state index contributed by atoms with van der Waals surface area (Å²) in [6.07, 6.45) is 4.83. The predicted molar refractivity (Wildman–Crippen MR) is 44.2 cm³/mol. The number of carbonyl (C=O) groups is 1. The lowest BCUT2D eigenvalue weighted by atomic mass is 9.82. The summed E-state index contributed by atoms with van der Waals surface area (Å²) in [5.74, 6) is 0.609. The average molecular weight is 150 g/mol. The number of hydrogen-bond donors (Lipinski definition) is 0. The van der Waals surface area contributed by atoms with E-state index < -0.39 is 0 Å². The van der Waals surface area contributed by atoms with Crippen molar-refractivity contribution in [3.8, 4) is 0 Å². The summed E-state index contributed by atoms with van der Waals surface area (Å²) in [7, 11) is 0. The number of fused-ring (bicyclic) bond motifs is 2. The summed E-state index contributed by atoms with van der Waals surface area (Å²) in [4.78, 5) is 10.7. The normalized spacial score (nSPS) is 41.8. The molecule has 1 fully saturated rings. The molecule has 2 bridgehead atoms. The van der Waals surface area contributed by atoms with Crippen LogP contribution in [0.15, 0.2) is 11.1 Å². The van der Waals surface area contributed by atoms with Gasteiger partial charge in [0.1, 0.15) is 6.29 Å². The standard InChI is InChI=1S/C10H14O/c1-7-9(6-11)8-3-4-10(7,2)5-8/h6,8H,3-5H2,1-2H3. The van der Waals surface area contributed by atoms with Gasteiger partial charge in [0.25, 0.3) is 0 Å². The Morgan fingerprint density at radius 3 is 2.73 bits per heavy atom. The molecular formula is C10H14O. The van der Waals surface area contributed by atoms with Crippen molar-refractivity contribution in [3.05, 3.63) is 11.1 Å². The van der Waals surface area contributed by atoms with Crippen LogP contribution in [0, 0.1) is 11.3 Å². The first kappa shape index (κ1) is 7.08. The van der Waals surface area contributed by atoms with Crippen LogP contribution in [0.2, 0.25) is 0 Å². The van der Waals surface area contributed by atoms with Gasteiger partial charge >= 0.3 is 0 Å². The number of hydrogen-bond acceptors (Lipinski definition) is 1. The van der Waals surface area contributed by atoms with Crippen molar-refractivity contribution in [2.24, 2.45) is 11.3 Å². The molecule has 1 heteroatoms. The van der Waals surface area contributed by atoms with Crippen LogP contribution < -0.4 is 0 Å². The predicted octanol–water partition coefficient (Wildman–Crippen LogP) is 2.32. The monoisotopic (exact) mass is 150 g/mol. The molecule has 2 aliphatic carbocycles. The Labute approximate surface area is 67.5 Å². The minimum absolute atomic E-state index is 0.390. The van der Waals surface area contributed by atoms with E-state index in [9.17, 15) is 4.79 Å². The van der Waals surface area contributed by atoms with Gasteiger partial charge in [-0.1, -0.05) is 12.5 Å². The highest BCUT2D eigenvalue weighted by Crippen LogP contribution is 2.56. The van der Waals surface area contributed by atoms with Crippen LogP contribution in [0.5, 0.6) is 0 Å². The maximum absolute atomic E-state index is 10.7. The Bertz CT molecular complexity index is 239. The molecule has 2 rings (SSSR count). The highest BCUT2D eigenvalue weighted by molar-refractivity contribution is 5.77. The second kappa shape index (κ2) is 1.96. The molecule has 0 aliphatic heterocycles. The highest BCUT2D eigenvalue weighted by atomic mass is 16.1. The molecule has 2 atom stereocenters. The zero-order valence-electron chi connectivity index (χ0n) is 7.18. The van der Waals surface area contributed by atoms with Gasteiger partial charge in [0.05, 0.1) is 0 Å². The molecule has 0 radical (unpaired) electrons. The maximum atomic E-state index is 10.7. The van der Waals surface area contributed by atoms with E-state index in [0.29, 0.717) is 11.3 Å². The molecule has 0 amide bonds. The quantitative estimate of drug-likeness (QED) is 0.524. The molecule has 1 saturated carbocycles. The second-order valence-corrected chi connectivity index (χ2v) is 4.20. The first-order valence-electron chi connectivity index (χ1n) is 4.34. The van der Waals surface area contributed by atoms with Crippen molar-refractivity contribution in [3.63, 3.8) is 0 Å². The SMILES string of the molecule is CC1=C(C=O)C2CCC1(C)C2. The van der Waals surface area contributed by atoms with Crippen molar-refractivity contribution in [1.29, 1.82) is 0 Å². The van der Waals surface area contributed by atoms with Gasteiger partial charge in [0, 0.05) is 0 Å². The molecule has 0 aromatic rings. The van der Waals surface area contributed by atoms with E-state index in [-0.39, 0.29) is 0 Å². The number of rotatable bonds is 1. The van der Waals surface area contributed by atoms with E-state index in [2.05, 4.69) is 13.8 Å². The molecule has 2 unspecified atom stereocenters. The molecule has 1 nitrogen and oxygen atoms in total. The van der Waals surface area contributed by atoms with Gasteiger partial charge in [-0.25, -0.2) is 0 Å². The van der Waals surface area contributed by atoms with Crippen molar-refractivity contribution in [2.75, 3.05) is 0 Å². The van der Waals surface area contributed by atoms with E-state index in [1.165, 1.54) is 24.8 Å². The van der Waals surface area contributed by atoms with Crippen molar-refractivity contribution in [2.45, 2.75) is 33.1 Å². The zero-order chi connectivity index (χ0) is 8.06. The lowest BCUT2D eigenvalue weighted by Gasteiger charge is -2.23. The molecule has 0 heterocycles. The van der Waals surface area contributed by atoms with Gasteiger partial charge < -0.3 is 0 Å². The Kier molecular flexibility index (Phi) is 1.26. The average Bonchev–Trinajstić information content (AvgIpc) is 2.43. The smallest absolute Gasteiger partial charge is 0.146 e. The first-order chi connectivity index (χ1) is 5.17.